The van der Waals surface area contributed by atoms with Crippen molar-refractivity contribution in [1.82, 2.24) is 9.78 Å². The van der Waals surface area contributed by atoms with Crippen molar-refractivity contribution in [3.05, 3.63) is 45.9 Å². The van der Waals surface area contributed by atoms with Gasteiger partial charge in [0.05, 0.1) is 25.0 Å². The Kier molecular flexibility index (Phi) is 3.53. The Bertz CT molecular complexity index is 581. The van der Waals surface area contributed by atoms with Gasteiger partial charge in [-0.15, -0.1) is 0 Å². The minimum atomic E-state index is -0.248. The second-order valence-electron chi connectivity index (χ2n) is 3.92. The number of aromatic amines is 1. The summed E-state index contributed by atoms with van der Waals surface area (Å²) in [6.07, 6.45) is 0.675. The molecule has 0 unspecified atom stereocenters. The van der Waals surface area contributed by atoms with Crippen molar-refractivity contribution in [2.24, 2.45) is 0 Å². The van der Waals surface area contributed by atoms with E-state index in [2.05, 4.69) is 5.10 Å². The molecule has 0 aliphatic heterocycles. The van der Waals surface area contributed by atoms with E-state index in [0.29, 0.717) is 12.0 Å². The highest BCUT2D eigenvalue weighted by atomic mass is 16.5. The molecule has 1 heterocycles. The largest absolute Gasteiger partial charge is 0.497 e. The van der Waals surface area contributed by atoms with E-state index in [4.69, 9.17) is 4.74 Å². The number of ether oxygens (including phenoxy) is 1. The van der Waals surface area contributed by atoms with Gasteiger partial charge < -0.3 is 9.84 Å². The summed E-state index contributed by atoms with van der Waals surface area (Å²) in [5.41, 5.74) is 1.70. The first-order valence-electron chi connectivity index (χ1n) is 5.79. The van der Waals surface area contributed by atoms with Gasteiger partial charge in [-0.2, -0.15) is 0 Å². The molecule has 5 heteroatoms. The third-order valence-electron chi connectivity index (χ3n) is 2.91. The lowest BCUT2D eigenvalue weighted by molar-refractivity contribution is 0.279. The molecule has 0 aliphatic rings. The maximum Gasteiger partial charge on any atom is 0.277 e. The summed E-state index contributed by atoms with van der Waals surface area (Å²) in [6, 6.07) is 7.15. The Morgan fingerprint density at radius 3 is 2.44 bits per heavy atom. The van der Waals surface area contributed by atoms with Crippen LogP contribution in [0.3, 0.4) is 0 Å². The van der Waals surface area contributed by atoms with Gasteiger partial charge >= 0.3 is 0 Å². The van der Waals surface area contributed by atoms with Crippen LogP contribution in [-0.4, -0.2) is 22.0 Å². The van der Waals surface area contributed by atoms with Gasteiger partial charge in [-0.3, -0.25) is 9.89 Å². The first kappa shape index (κ1) is 12.4. The number of aryl methyl sites for hydroxylation is 1. The number of nitrogens with zero attached hydrogens (tertiary/aromatic N) is 1. The predicted molar refractivity (Wildman–Crippen MR) is 68.2 cm³/mol. The molecule has 5 nitrogen and oxygen atoms in total. The van der Waals surface area contributed by atoms with Crippen molar-refractivity contribution in [3.63, 3.8) is 0 Å². The van der Waals surface area contributed by atoms with Gasteiger partial charge in [0.15, 0.2) is 0 Å². The van der Waals surface area contributed by atoms with Gasteiger partial charge in [0.25, 0.3) is 5.56 Å². The molecule has 2 N–H and O–H groups in total. The number of H-pyrrole nitrogens is 1. The van der Waals surface area contributed by atoms with E-state index in [1.807, 2.05) is 6.92 Å². The Labute approximate surface area is 105 Å². The number of nitrogens with one attached hydrogen (secondary N) is 1. The van der Waals surface area contributed by atoms with E-state index in [1.54, 1.807) is 31.4 Å². The summed E-state index contributed by atoms with van der Waals surface area (Å²) in [5, 5.41) is 12.2. The summed E-state index contributed by atoms with van der Waals surface area (Å²) >= 11 is 0. The molecule has 2 aromatic rings. The number of methoxy groups -OCH3 is 1. The van der Waals surface area contributed by atoms with Gasteiger partial charge in [-0.1, -0.05) is 6.92 Å². The maximum absolute atomic E-state index is 12.1. The number of aliphatic hydroxyl groups is 1. The van der Waals surface area contributed by atoms with Crippen LogP contribution in [0.15, 0.2) is 29.1 Å². The van der Waals surface area contributed by atoms with Crippen LogP contribution in [0.5, 0.6) is 5.75 Å². The molecule has 0 radical (unpaired) electrons. The molecule has 18 heavy (non-hydrogen) atoms. The molecule has 0 atom stereocenters. The zero-order valence-corrected chi connectivity index (χ0v) is 10.4. The molecule has 0 amide bonds. The third-order valence-corrected chi connectivity index (χ3v) is 2.91. The van der Waals surface area contributed by atoms with Crippen molar-refractivity contribution in [1.29, 1.82) is 0 Å². The lowest BCUT2D eigenvalue weighted by atomic mass is 10.2. The summed E-state index contributed by atoms with van der Waals surface area (Å²) in [6.45, 7) is 1.68. The molecular formula is C13H16N2O3. The van der Waals surface area contributed by atoms with Crippen LogP contribution in [0.1, 0.15) is 18.2 Å². The first-order chi connectivity index (χ1) is 8.71. The molecule has 1 aromatic carbocycles. The van der Waals surface area contributed by atoms with E-state index in [0.717, 1.165) is 17.1 Å². The van der Waals surface area contributed by atoms with E-state index in [9.17, 15) is 9.90 Å². The van der Waals surface area contributed by atoms with Crippen molar-refractivity contribution in [2.75, 3.05) is 7.11 Å². The second kappa shape index (κ2) is 5.10. The summed E-state index contributed by atoms with van der Waals surface area (Å²) in [4.78, 5) is 12.1. The van der Waals surface area contributed by atoms with Gasteiger partial charge in [-0.05, 0) is 30.7 Å². The van der Waals surface area contributed by atoms with E-state index >= 15 is 0 Å². The van der Waals surface area contributed by atoms with Crippen LogP contribution < -0.4 is 10.3 Å². The standard InChI is InChI=1S/C13H16N2O3/c1-3-12-11(8-16)13(17)15(14-12)9-4-6-10(18-2)7-5-9/h4-7,14,16H,3,8H2,1-2H3. The maximum atomic E-state index is 12.1. The smallest absolute Gasteiger partial charge is 0.277 e. The molecule has 0 saturated heterocycles. The monoisotopic (exact) mass is 248 g/mol. The van der Waals surface area contributed by atoms with Crippen LogP contribution in [0, 0.1) is 0 Å². The second-order valence-corrected chi connectivity index (χ2v) is 3.92. The van der Waals surface area contributed by atoms with Crippen LogP contribution in [-0.2, 0) is 13.0 Å². The molecule has 1 aromatic heterocycles. The SMILES string of the molecule is CCc1[nH]n(-c2ccc(OC)cc2)c(=O)c1CO. The normalized spacial score (nSPS) is 10.6. The molecular weight excluding hydrogens is 232 g/mol. The molecule has 0 bridgehead atoms. The fourth-order valence-electron chi connectivity index (χ4n) is 1.89. The zero-order chi connectivity index (χ0) is 13.1. The topological polar surface area (TPSA) is 67.2 Å². The Hall–Kier alpha value is -2.01. The Morgan fingerprint density at radius 1 is 1.33 bits per heavy atom. The number of rotatable bonds is 4. The molecule has 0 aliphatic carbocycles. The van der Waals surface area contributed by atoms with Crippen molar-refractivity contribution in [3.8, 4) is 11.4 Å². The number of aromatic nitrogens is 2. The molecule has 0 fully saturated rings. The third kappa shape index (κ3) is 2.04. The predicted octanol–water partition coefficient (Wildman–Crippen LogP) is 1.23. The first-order valence-corrected chi connectivity index (χ1v) is 5.79. The van der Waals surface area contributed by atoms with E-state index in [1.165, 1.54) is 4.68 Å². The average molecular weight is 248 g/mol. The van der Waals surface area contributed by atoms with Gasteiger partial charge in [0.1, 0.15) is 5.75 Å². The highest BCUT2D eigenvalue weighted by Gasteiger charge is 2.12. The summed E-state index contributed by atoms with van der Waals surface area (Å²) in [7, 11) is 1.59. The number of hydrogen-bond donors (Lipinski definition) is 2. The van der Waals surface area contributed by atoms with Crippen molar-refractivity contribution in [2.45, 2.75) is 20.0 Å². The zero-order valence-electron chi connectivity index (χ0n) is 10.4. The van der Waals surface area contributed by atoms with Crippen LogP contribution in [0.25, 0.3) is 5.69 Å². The molecule has 0 spiro atoms. The van der Waals surface area contributed by atoms with Crippen molar-refractivity contribution >= 4 is 0 Å². The molecule has 0 saturated carbocycles. The van der Waals surface area contributed by atoms with Crippen LogP contribution >= 0.6 is 0 Å². The van der Waals surface area contributed by atoms with E-state index in [-0.39, 0.29) is 12.2 Å². The van der Waals surface area contributed by atoms with E-state index < -0.39 is 0 Å². The number of benzene rings is 1. The fourth-order valence-corrected chi connectivity index (χ4v) is 1.89. The Morgan fingerprint density at radius 2 is 2.00 bits per heavy atom. The molecule has 96 valence electrons. The highest BCUT2D eigenvalue weighted by Crippen LogP contribution is 2.14. The quantitative estimate of drug-likeness (QED) is 0.855. The average Bonchev–Trinajstić information content (AvgIpc) is 2.75. The number of aliphatic hydroxyl groups excluding tert-OH is 1. The van der Waals surface area contributed by atoms with Crippen LogP contribution in [0.2, 0.25) is 0 Å². The lowest BCUT2D eigenvalue weighted by Gasteiger charge is -2.03. The minimum Gasteiger partial charge on any atom is -0.497 e. The minimum absolute atomic E-state index is 0.209. The highest BCUT2D eigenvalue weighted by molar-refractivity contribution is 5.37. The molecule has 2 rings (SSSR count). The lowest BCUT2D eigenvalue weighted by Crippen LogP contribution is -2.17. The number of hydrogen-bond acceptors (Lipinski definition) is 3. The van der Waals surface area contributed by atoms with Crippen LogP contribution in [0.4, 0.5) is 0 Å². The van der Waals surface area contributed by atoms with Gasteiger partial charge in [0.2, 0.25) is 0 Å². The fraction of sp³-hybridized carbons (Fsp3) is 0.308. The summed E-state index contributed by atoms with van der Waals surface area (Å²) < 4.78 is 6.50. The van der Waals surface area contributed by atoms with Gasteiger partial charge in [-0.25, -0.2) is 4.68 Å². The summed E-state index contributed by atoms with van der Waals surface area (Å²) in [5.74, 6) is 0.733. The Balaban J connectivity index is 2.50. The van der Waals surface area contributed by atoms with Gasteiger partial charge in [0, 0.05) is 5.69 Å². The van der Waals surface area contributed by atoms with Crippen molar-refractivity contribution < 1.29 is 9.84 Å².